The lowest BCUT2D eigenvalue weighted by Gasteiger charge is -2.20. The summed E-state index contributed by atoms with van der Waals surface area (Å²) in [4.78, 5) is 24.6. The molecule has 0 aliphatic carbocycles. The van der Waals surface area contributed by atoms with E-state index in [1.54, 1.807) is 6.08 Å². The predicted octanol–water partition coefficient (Wildman–Crippen LogP) is 26.0. The summed E-state index contributed by atoms with van der Waals surface area (Å²) in [7, 11) is 0. The zero-order valence-corrected chi connectivity index (χ0v) is 58.8. The lowest BCUT2D eigenvalue weighted by molar-refractivity contribution is -0.143. The number of carbonyl (C=O) groups excluding carboxylic acids is 2. The molecule has 0 heterocycles. The highest BCUT2D eigenvalue weighted by Gasteiger charge is 2.18. The van der Waals surface area contributed by atoms with Gasteiger partial charge in [-0.15, -0.1) is 0 Å². The largest absolute Gasteiger partial charge is 0.466 e. The number of amides is 1. The minimum Gasteiger partial charge on any atom is -0.466 e. The monoisotopic (exact) mass is 1220 g/mol. The molecule has 2 atom stereocenters. The van der Waals surface area contributed by atoms with Crippen molar-refractivity contribution in [3.8, 4) is 0 Å². The Kier molecular flexibility index (Phi) is 74.4. The van der Waals surface area contributed by atoms with Crippen molar-refractivity contribution in [1.29, 1.82) is 0 Å². The second kappa shape index (κ2) is 76.3. The maximum Gasteiger partial charge on any atom is 0.305 e. The van der Waals surface area contributed by atoms with Crippen molar-refractivity contribution in [3.63, 3.8) is 0 Å². The molecule has 0 aliphatic rings. The SMILES string of the molecule is CCCCCCC/C=C\CCCCCCCC(=O)OCCCCCCCCCCCCC/C=C\C/C=C\CCCCCCCCCCCCCCCCCCCC(=O)NC(CO)C(O)/C=C/CCCCCCCCCCCCCCCCCCCCC. The summed E-state index contributed by atoms with van der Waals surface area (Å²) in [6, 6.07) is -0.628. The smallest absolute Gasteiger partial charge is 0.305 e. The number of unbranched alkanes of at least 4 members (excludes halogenated alkanes) is 57. The average molecular weight is 1220 g/mol. The molecule has 3 N–H and O–H groups in total. The molecule has 0 bridgehead atoms. The fourth-order valence-corrected chi connectivity index (χ4v) is 12.3. The van der Waals surface area contributed by atoms with Crippen LogP contribution in [0, 0.1) is 0 Å². The maximum absolute atomic E-state index is 12.5. The van der Waals surface area contributed by atoms with Crippen molar-refractivity contribution in [2.24, 2.45) is 0 Å². The fraction of sp³-hybridized carbons (Fsp3) is 0.877. The van der Waals surface area contributed by atoms with E-state index in [0.29, 0.717) is 19.4 Å². The van der Waals surface area contributed by atoms with Crippen molar-refractivity contribution in [2.45, 2.75) is 443 Å². The topological polar surface area (TPSA) is 95.9 Å². The van der Waals surface area contributed by atoms with Gasteiger partial charge in [-0.2, -0.15) is 0 Å². The second-order valence-corrected chi connectivity index (χ2v) is 27.0. The second-order valence-electron chi connectivity index (χ2n) is 27.0. The Morgan fingerprint density at radius 1 is 0.322 bits per heavy atom. The van der Waals surface area contributed by atoms with Crippen molar-refractivity contribution in [2.75, 3.05) is 13.2 Å². The van der Waals surface area contributed by atoms with E-state index in [9.17, 15) is 19.8 Å². The van der Waals surface area contributed by atoms with Crippen molar-refractivity contribution < 1.29 is 24.5 Å². The molecule has 0 fully saturated rings. The summed E-state index contributed by atoms with van der Waals surface area (Å²) in [6.07, 6.45) is 101. The molecule has 1 amide bonds. The van der Waals surface area contributed by atoms with Gasteiger partial charge in [0, 0.05) is 12.8 Å². The van der Waals surface area contributed by atoms with Gasteiger partial charge in [0.25, 0.3) is 0 Å². The van der Waals surface area contributed by atoms with Crippen LogP contribution in [-0.2, 0) is 14.3 Å². The molecule has 0 rings (SSSR count). The van der Waals surface area contributed by atoms with E-state index >= 15 is 0 Å². The Balaban J connectivity index is 3.40. The van der Waals surface area contributed by atoms with Crippen LogP contribution in [-0.4, -0.2) is 47.4 Å². The molecule has 0 saturated heterocycles. The number of hydrogen-bond acceptors (Lipinski definition) is 5. The average Bonchev–Trinajstić information content (AvgIpc) is 3.52. The number of aliphatic hydroxyl groups is 2. The first-order chi connectivity index (χ1) is 43.0. The Hall–Kier alpha value is -2.18. The molecule has 0 spiro atoms. The molecular weight excluding hydrogens is 1070 g/mol. The van der Waals surface area contributed by atoms with Crippen molar-refractivity contribution >= 4 is 11.9 Å². The minimum atomic E-state index is -0.845. The molecule has 0 aromatic heterocycles. The predicted molar refractivity (Wildman–Crippen MR) is 384 cm³/mol. The number of esters is 1. The molecule has 6 nitrogen and oxygen atoms in total. The molecule has 87 heavy (non-hydrogen) atoms. The van der Waals surface area contributed by atoms with Gasteiger partial charge in [-0.3, -0.25) is 9.59 Å². The van der Waals surface area contributed by atoms with Crippen LogP contribution >= 0.6 is 0 Å². The van der Waals surface area contributed by atoms with Gasteiger partial charge in [-0.25, -0.2) is 0 Å². The van der Waals surface area contributed by atoms with Crippen LogP contribution < -0.4 is 5.32 Å². The van der Waals surface area contributed by atoms with E-state index in [4.69, 9.17) is 4.74 Å². The molecule has 0 aliphatic heterocycles. The van der Waals surface area contributed by atoms with Gasteiger partial charge in [0.05, 0.1) is 25.4 Å². The zero-order chi connectivity index (χ0) is 62.8. The quantitative estimate of drug-likeness (QED) is 0.0320. The van der Waals surface area contributed by atoms with E-state index in [1.165, 1.54) is 353 Å². The van der Waals surface area contributed by atoms with Crippen LogP contribution in [0.25, 0.3) is 0 Å². The van der Waals surface area contributed by atoms with E-state index < -0.39 is 12.1 Å². The normalized spacial score (nSPS) is 12.7. The standard InChI is InChI=1S/C81H153NO5/c1-3-5-7-9-11-13-15-17-19-20-21-37-40-43-46-49-53-57-61-65-69-73-79(84)78(77-83)82-80(85)74-70-66-62-58-54-50-47-44-41-38-35-33-31-29-27-25-23-22-24-26-28-30-32-34-36-39-42-45-48-52-56-60-64-68-72-76-87-81(86)75-71-67-63-59-55-51-18-16-14-12-10-8-6-4-2/h16,18,24,26,30,32,69,73,78-79,83-84H,3-15,17,19-23,25,27-29,31,33-68,70-72,74-77H2,1-2H3,(H,82,85)/b18-16-,26-24-,32-30-,73-69+. The first-order valence-corrected chi connectivity index (χ1v) is 39.4. The first kappa shape index (κ1) is 84.8. The molecule has 0 radical (unpaired) electrons. The molecule has 2 unspecified atom stereocenters. The molecular formula is C81H153NO5. The molecule has 512 valence electrons. The highest BCUT2D eigenvalue weighted by Crippen LogP contribution is 2.19. The Bertz CT molecular complexity index is 1450. The van der Waals surface area contributed by atoms with Gasteiger partial charge in [-0.1, -0.05) is 377 Å². The Morgan fingerprint density at radius 3 is 0.885 bits per heavy atom. The lowest BCUT2D eigenvalue weighted by Crippen LogP contribution is -2.45. The highest BCUT2D eigenvalue weighted by molar-refractivity contribution is 5.76. The van der Waals surface area contributed by atoms with Gasteiger partial charge >= 0.3 is 5.97 Å². The van der Waals surface area contributed by atoms with E-state index in [2.05, 4.69) is 55.6 Å². The van der Waals surface area contributed by atoms with Crippen LogP contribution in [0.4, 0.5) is 0 Å². The van der Waals surface area contributed by atoms with Crippen LogP contribution in [0.1, 0.15) is 431 Å². The van der Waals surface area contributed by atoms with E-state index in [1.807, 2.05) is 6.08 Å². The minimum absolute atomic E-state index is 0.00837. The summed E-state index contributed by atoms with van der Waals surface area (Å²) in [5, 5.41) is 23.3. The number of allylic oxidation sites excluding steroid dienone is 7. The number of nitrogens with one attached hydrogen (secondary N) is 1. The molecule has 0 aromatic rings. The van der Waals surface area contributed by atoms with Crippen LogP contribution in [0.3, 0.4) is 0 Å². The fourth-order valence-electron chi connectivity index (χ4n) is 12.3. The van der Waals surface area contributed by atoms with E-state index in [0.717, 1.165) is 51.4 Å². The molecule has 0 saturated carbocycles. The van der Waals surface area contributed by atoms with Gasteiger partial charge in [0.15, 0.2) is 0 Å². The summed E-state index contributed by atoms with van der Waals surface area (Å²) in [6.45, 7) is 4.93. The molecule has 6 heteroatoms. The van der Waals surface area contributed by atoms with E-state index in [-0.39, 0.29) is 18.5 Å². The summed E-state index contributed by atoms with van der Waals surface area (Å²) < 4.78 is 5.49. The van der Waals surface area contributed by atoms with Gasteiger partial charge in [-0.05, 0) is 89.9 Å². The third-order valence-corrected chi connectivity index (χ3v) is 18.3. The van der Waals surface area contributed by atoms with Gasteiger partial charge in [0.2, 0.25) is 5.91 Å². The Labute approximate surface area is 544 Å². The number of ether oxygens (including phenoxy) is 1. The number of aliphatic hydroxyl groups excluding tert-OH is 2. The maximum atomic E-state index is 12.5. The summed E-state index contributed by atoms with van der Waals surface area (Å²) in [5.74, 6) is -0.0532. The zero-order valence-electron chi connectivity index (χ0n) is 58.8. The number of rotatable bonds is 74. The number of hydrogen-bond donors (Lipinski definition) is 3. The third kappa shape index (κ3) is 72.8. The number of carbonyl (C=O) groups is 2. The third-order valence-electron chi connectivity index (χ3n) is 18.3. The van der Waals surface area contributed by atoms with Gasteiger partial charge in [0.1, 0.15) is 0 Å². The lowest BCUT2D eigenvalue weighted by atomic mass is 10.0. The molecule has 0 aromatic carbocycles. The summed E-state index contributed by atoms with van der Waals surface area (Å²) in [5.41, 5.74) is 0. The summed E-state index contributed by atoms with van der Waals surface area (Å²) >= 11 is 0. The van der Waals surface area contributed by atoms with Gasteiger partial charge < -0.3 is 20.3 Å². The van der Waals surface area contributed by atoms with Crippen molar-refractivity contribution in [3.05, 3.63) is 48.6 Å². The highest BCUT2D eigenvalue weighted by atomic mass is 16.5. The first-order valence-electron chi connectivity index (χ1n) is 39.4. The van der Waals surface area contributed by atoms with Crippen LogP contribution in [0.15, 0.2) is 48.6 Å². The van der Waals surface area contributed by atoms with Crippen LogP contribution in [0.2, 0.25) is 0 Å². The Morgan fingerprint density at radius 2 is 0.575 bits per heavy atom. The van der Waals surface area contributed by atoms with Crippen molar-refractivity contribution in [1.82, 2.24) is 5.32 Å². The van der Waals surface area contributed by atoms with Crippen LogP contribution in [0.5, 0.6) is 0 Å².